The van der Waals surface area contributed by atoms with Gasteiger partial charge in [0.25, 0.3) is 0 Å². The summed E-state index contributed by atoms with van der Waals surface area (Å²) >= 11 is 0. The maximum Gasteiger partial charge on any atom is 0.314 e. The van der Waals surface area contributed by atoms with Gasteiger partial charge in [0, 0.05) is 13.1 Å². The Balaban J connectivity index is 3.16. The number of urea groups is 1. The second kappa shape index (κ2) is 15.6. The van der Waals surface area contributed by atoms with Crippen LogP contribution < -0.4 is 10.6 Å². The molecule has 4 N–H and O–H groups in total. The summed E-state index contributed by atoms with van der Waals surface area (Å²) < 4.78 is 0. The number of aliphatic hydroxyl groups is 2. The Bertz CT molecular complexity index is 238. The van der Waals surface area contributed by atoms with Gasteiger partial charge < -0.3 is 20.8 Å². The minimum Gasteiger partial charge on any atom is -0.394 e. The Morgan fingerprint density at radius 2 is 1.43 bits per heavy atom. The molecule has 21 heavy (non-hydrogen) atoms. The van der Waals surface area contributed by atoms with Crippen molar-refractivity contribution in [3.8, 4) is 0 Å². The first-order chi connectivity index (χ1) is 10.2. The summed E-state index contributed by atoms with van der Waals surface area (Å²) in [5, 5.41) is 22.9. The van der Waals surface area contributed by atoms with Crippen molar-refractivity contribution in [3.05, 3.63) is 0 Å². The summed E-state index contributed by atoms with van der Waals surface area (Å²) in [4.78, 5) is 11.3. The highest BCUT2D eigenvalue weighted by Crippen LogP contribution is 2.10. The van der Waals surface area contributed by atoms with Crippen LogP contribution in [-0.2, 0) is 0 Å². The van der Waals surface area contributed by atoms with Gasteiger partial charge in [0.1, 0.15) is 0 Å². The van der Waals surface area contributed by atoms with Crippen LogP contribution in [0.1, 0.15) is 71.1 Å². The lowest BCUT2D eigenvalue weighted by Crippen LogP contribution is -2.40. The molecule has 0 aliphatic rings. The highest BCUT2D eigenvalue weighted by Gasteiger charge is 2.04. The molecule has 0 saturated carbocycles. The maximum absolute atomic E-state index is 11.3. The number of carbonyl (C=O) groups is 1. The van der Waals surface area contributed by atoms with Crippen LogP contribution >= 0.6 is 0 Å². The van der Waals surface area contributed by atoms with Gasteiger partial charge in [-0.05, 0) is 6.42 Å². The van der Waals surface area contributed by atoms with Crippen molar-refractivity contribution in [2.45, 2.75) is 77.2 Å². The first-order valence-electron chi connectivity index (χ1n) is 8.51. The smallest absolute Gasteiger partial charge is 0.314 e. The average Bonchev–Trinajstić information content (AvgIpc) is 2.50. The highest BCUT2D eigenvalue weighted by atomic mass is 16.3. The third kappa shape index (κ3) is 15.4. The van der Waals surface area contributed by atoms with Gasteiger partial charge in [-0.25, -0.2) is 4.79 Å². The fourth-order valence-electron chi connectivity index (χ4n) is 2.15. The number of unbranched alkanes of at least 4 members (excludes halogenated alkanes) is 9. The van der Waals surface area contributed by atoms with E-state index in [1.165, 1.54) is 51.4 Å². The molecule has 1 atom stereocenters. The molecule has 0 aliphatic carbocycles. The molecule has 5 heteroatoms. The SMILES string of the molecule is CCCCCCCCCCCCNC(=O)NCC(O)CO. The van der Waals surface area contributed by atoms with Crippen molar-refractivity contribution in [1.29, 1.82) is 0 Å². The second-order valence-corrected chi connectivity index (χ2v) is 5.66. The van der Waals surface area contributed by atoms with Crippen molar-refractivity contribution >= 4 is 6.03 Å². The Morgan fingerprint density at radius 1 is 0.905 bits per heavy atom. The zero-order valence-electron chi connectivity index (χ0n) is 13.6. The van der Waals surface area contributed by atoms with Gasteiger partial charge in [-0.15, -0.1) is 0 Å². The monoisotopic (exact) mass is 302 g/mol. The van der Waals surface area contributed by atoms with Crippen molar-refractivity contribution in [2.75, 3.05) is 19.7 Å². The zero-order chi connectivity index (χ0) is 15.8. The van der Waals surface area contributed by atoms with E-state index < -0.39 is 6.10 Å². The molecular formula is C16H34N2O3. The normalized spacial score (nSPS) is 12.1. The summed E-state index contributed by atoms with van der Waals surface area (Å²) in [6, 6.07) is -0.279. The molecule has 0 rings (SSSR count). The van der Waals surface area contributed by atoms with E-state index in [-0.39, 0.29) is 19.2 Å². The van der Waals surface area contributed by atoms with E-state index in [9.17, 15) is 4.79 Å². The molecule has 2 amide bonds. The zero-order valence-corrected chi connectivity index (χ0v) is 13.6. The van der Waals surface area contributed by atoms with Gasteiger partial charge in [-0.1, -0.05) is 64.7 Å². The van der Waals surface area contributed by atoms with E-state index in [4.69, 9.17) is 10.2 Å². The molecule has 0 aromatic rings. The van der Waals surface area contributed by atoms with Gasteiger partial charge >= 0.3 is 6.03 Å². The summed E-state index contributed by atoms with van der Waals surface area (Å²) in [5.74, 6) is 0. The highest BCUT2D eigenvalue weighted by molar-refractivity contribution is 5.73. The molecule has 0 fully saturated rings. The van der Waals surface area contributed by atoms with Crippen molar-refractivity contribution in [2.24, 2.45) is 0 Å². The summed E-state index contributed by atoms with van der Waals surface area (Å²) in [7, 11) is 0. The Labute approximate surface area is 129 Å². The van der Waals surface area contributed by atoms with Gasteiger partial charge in [-0.3, -0.25) is 0 Å². The second-order valence-electron chi connectivity index (χ2n) is 5.66. The molecule has 0 aromatic heterocycles. The Morgan fingerprint density at radius 3 is 1.95 bits per heavy atom. The molecule has 5 nitrogen and oxygen atoms in total. The third-order valence-electron chi connectivity index (χ3n) is 3.52. The predicted octanol–water partition coefficient (Wildman–Crippen LogP) is 2.56. The molecule has 0 bridgehead atoms. The van der Waals surface area contributed by atoms with Gasteiger partial charge in [0.2, 0.25) is 0 Å². The maximum atomic E-state index is 11.3. The minimum atomic E-state index is -0.881. The topological polar surface area (TPSA) is 81.6 Å². The van der Waals surface area contributed by atoms with Crippen LogP contribution in [0.3, 0.4) is 0 Å². The molecule has 0 radical (unpaired) electrons. The van der Waals surface area contributed by atoms with E-state index in [1.54, 1.807) is 0 Å². The molecule has 0 aromatic carbocycles. The molecular weight excluding hydrogens is 268 g/mol. The lowest BCUT2D eigenvalue weighted by atomic mass is 10.1. The first kappa shape index (κ1) is 20.2. The standard InChI is InChI=1S/C16H34N2O3/c1-2-3-4-5-6-7-8-9-10-11-12-17-16(21)18-13-15(20)14-19/h15,19-20H,2-14H2,1H3,(H2,17,18,21). The van der Waals surface area contributed by atoms with E-state index >= 15 is 0 Å². The summed E-state index contributed by atoms with van der Waals surface area (Å²) in [6.07, 6.45) is 11.9. The van der Waals surface area contributed by atoms with Crippen LogP contribution in [0.2, 0.25) is 0 Å². The number of carbonyl (C=O) groups excluding carboxylic acids is 1. The summed E-state index contributed by atoms with van der Waals surface area (Å²) in [5.41, 5.74) is 0. The fraction of sp³-hybridized carbons (Fsp3) is 0.938. The minimum absolute atomic E-state index is 0.0837. The lowest BCUT2D eigenvalue weighted by molar-refractivity contribution is 0.0959. The van der Waals surface area contributed by atoms with E-state index in [2.05, 4.69) is 17.6 Å². The average molecular weight is 302 g/mol. The number of nitrogens with one attached hydrogen (secondary N) is 2. The van der Waals surface area contributed by atoms with Gasteiger partial charge in [0.05, 0.1) is 12.7 Å². The number of amides is 2. The largest absolute Gasteiger partial charge is 0.394 e. The third-order valence-corrected chi connectivity index (χ3v) is 3.52. The van der Waals surface area contributed by atoms with Crippen molar-refractivity contribution < 1.29 is 15.0 Å². The lowest BCUT2D eigenvalue weighted by Gasteiger charge is -2.10. The van der Waals surface area contributed by atoms with Crippen LogP contribution in [0.5, 0.6) is 0 Å². The van der Waals surface area contributed by atoms with Crippen molar-refractivity contribution in [1.82, 2.24) is 10.6 Å². The summed E-state index contributed by atoms with van der Waals surface area (Å²) in [6.45, 7) is 2.65. The molecule has 0 saturated heterocycles. The number of aliphatic hydroxyl groups excluding tert-OH is 2. The van der Waals surface area contributed by atoms with Gasteiger partial charge in [-0.2, -0.15) is 0 Å². The fourth-order valence-corrected chi connectivity index (χ4v) is 2.15. The number of hydrogen-bond acceptors (Lipinski definition) is 3. The predicted molar refractivity (Wildman–Crippen MR) is 86.3 cm³/mol. The Kier molecular flexibility index (Phi) is 15.0. The van der Waals surface area contributed by atoms with Crippen LogP contribution in [0.4, 0.5) is 4.79 Å². The van der Waals surface area contributed by atoms with Gasteiger partial charge in [0.15, 0.2) is 0 Å². The molecule has 0 spiro atoms. The molecule has 126 valence electrons. The van der Waals surface area contributed by atoms with E-state index in [0.717, 1.165) is 12.8 Å². The van der Waals surface area contributed by atoms with Crippen LogP contribution in [0.25, 0.3) is 0 Å². The first-order valence-corrected chi connectivity index (χ1v) is 8.51. The van der Waals surface area contributed by atoms with E-state index in [1.807, 2.05) is 0 Å². The number of rotatable bonds is 14. The molecule has 0 aliphatic heterocycles. The molecule has 1 unspecified atom stereocenters. The van der Waals surface area contributed by atoms with Crippen molar-refractivity contribution in [3.63, 3.8) is 0 Å². The van der Waals surface area contributed by atoms with E-state index in [0.29, 0.717) is 6.54 Å². The van der Waals surface area contributed by atoms with Crippen LogP contribution in [0, 0.1) is 0 Å². The van der Waals surface area contributed by atoms with Crippen LogP contribution in [-0.4, -0.2) is 42.0 Å². The quantitative estimate of drug-likeness (QED) is 0.372. The van der Waals surface area contributed by atoms with Crippen LogP contribution in [0.15, 0.2) is 0 Å². The Hall–Kier alpha value is -0.810. The number of hydrogen-bond donors (Lipinski definition) is 4. The molecule has 0 heterocycles.